The monoisotopic (exact) mass is 505 g/mol. The SMILES string of the molecule is COc1ccc(C)c(C23CCN(CC4CC4)C(C)C2(O)CCC(=O)C3)c1OS(=O)(=O)C(F)(F)F. The number of rotatable bonds is 6. The summed E-state index contributed by atoms with van der Waals surface area (Å²) in [5.41, 5.74) is -7.95. The maximum Gasteiger partial charge on any atom is 0.534 e. The molecule has 4 rings (SSSR count). The second kappa shape index (κ2) is 8.37. The van der Waals surface area contributed by atoms with Crippen molar-refractivity contribution in [1.82, 2.24) is 4.90 Å². The van der Waals surface area contributed by atoms with E-state index in [1.807, 2.05) is 6.92 Å². The molecule has 1 aliphatic heterocycles. The smallest absolute Gasteiger partial charge is 0.493 e. The zero-order chi connectivity index (χ0) is 25.1. The minimum atomic E-state index is -6.02. The highest BCUT2D eigenvalue weighted by Crippen LogP contribution is 2.58. The number of ketones is 1. The highest BCUT2D eigenvalue weighted by Gasteiger charge is 2.63. The number of hydrogen-bond acceptors (Lipinski definition) is 7. The molecule has 3 aliphatic rings. The molecule has 1 aromatic rings. The number of carbonyl (C=O) groups is 1. The maximum atomic E-state index is 13.3. The molecule has 0 bridgehead atoms. The van der Waals surface area contributed by atoms with Gasteiger partial charge >= 0.3 is 15.6 Å². The third-order valence-electron chi connectivity index (χ3n) is 7.87. The van der Waals surface area contributed by atoms with Crippen molar-refractivity contribution in [1.29, 1.82) is 0 Å². The Kier molecular flexibility index (Phi) is 6.22. The van der Waals surface area contributed by atoms with Gasteiger partial charge in [0, 0.05) is 36.4 Å². The van der Waals surface area contributed by atoms with Gasteiger partial charge in [0.15, 0.2) is 11.5 Å². The lowest BCUT2D eigenvalue weighted by Gasteiger charge is -2.60. The van der Waals surface area contributed by atoms with E-state index in [-0.39, 0.29) is 42.8 Å². The van der Waals surface area contributed by atoms with Gasteiger partial charge in [0.1, 0.15) is 5.78 Å². The number of aliphatic hydroxyl groups is 1. The van der Waals surface area contributed by atoms with Gasteiger partial charge in [-0.1, -0.05) is 6.07 Å². The van der Waals surface area contributed by atoms with Gasteiger partial charge in [-0.25, -0.2) is 0 Å². The number of aryl methyl sites for hydroxylation is 1. The standard InChI is InChI=1S/C23H30F3NO6S/c1-14-4-7-18(32-3)20(33-34(30,31)23(24,25)26)19(14)21-10-11-27(13-16-5-6-16)15(2)22(21,29)9-8-17(28)12-21/h4,7,15-16,29H,5-6,8-13H2,1-3H3. The molecule has 34 heavy (non-hydrogen) atoms. The zero-order valence-electron chi connectivity index (χ0n) is 19.4. The molecule has 7 nitrogen and oxygen atoms in total. The van der Waals surface area contributed by atoms with Crippen LogP contribution < -0.4 is 8.92 Å². The number of ether oxygens (including phenoxy) is 1. The molecule has 1 N–H and O–H groups in total. The number of fused-ring (bicyclic) bond motifs is 1. The first-order chi connectivity index (χ1) is 15.8. The fourth-order valence-electron chi connectivity index (χ4n) is 5.86. The van der Waals surface area contributed by atoms with Crippen LogP contribution >= 0.6 is 0 Å². The fraction of sp³-hybridized carbons (Fsp3) is 0.696. The highest BCUT2D eigenvalue weighted by molar-refractivity contribution is 7.88. The van der Waals surface area contributed by atoms with E-state index in [0.717, 1.165) is 19.4 Å². The van der Waals surface area contributed by atoms with Crippen LogP contribution in [0.2, 0.25) is 0 Å². The molecule has 3 fully saturated rings. The van der Waals surface area contributed by atoms with Gasteiger partial charge in [-0.05, 0) is 63.6 Å². The van der Waals surface area contributed by atoms with E-state index >= 15 is 0 Å². The molecule has 1 aromatic carbocycles. The molecule has 2 saturated carbocycles. The molecular formula is C23H30F3NO6S. The predicted octanol–water partition coefficient (Wildman–Crippen LogP) is 3.46. The van der Waals surface area contributed by atoms with Crippen molar-refractivity contribution in [3.05, 3.63) is 23.3 Å². The number of alkyl halides is 3. The van der Waals surface area contributed by atoms with Crippen LogP contribution in [0.5, 0.6) is 11.5 Å². The van der Waals surface area contributed by atoms with Crippen LogP contribution in [-0.4, -0.2) is 61.6 Å². The number of halogens is 3. The molecule has 0 radical (unpaired) electrons. The number of methoxy groups -OCH3 is 1. The summed E-state index contributed by atoms with van der Waals surface area (Å²) in [6, 6.07) is 2.51. The Bertz CT molecular complexity index is 1090. The largest absolute Gasteiger partial charge is 0.534 e. The van der Waals surface area contributed by atoms with Crippen LogP contribution in [0.1, 0.15) is 56.6 Å². The lowest BCUT2D eigenvalue weighted by atomic mass is 9.53. The number of likely N-dealkylation sites (tertiary alicyclic amines) is 1. The van der Waals surface area contributed by atoms with Crippen molar-refractivity contribution < 1.29 is 40.4 Å². The fourth-order valence-corrected chi connectivity index (χ4v) is 6.34. The first-order valence-corrected chi connectivity index (χ1v) is 12.8. The second-order valence-corrected chi connectivity index (χ2v) is 11.4. The molecule has 2 aliphatic carbocycles. The summed E-state index contributed by atoms with van der Waals surface area (Å²) in [5.74, 6) is -0.412. The van der Waals surface area contributed by atoms with Gasteiger partial charge in [0.2, 0.25) is 0 Å². The van der Waals surface area contributed by atoms with E-state index in [1.165, 1.54) is 13.2 Å². The minimum Gasteiger partial charge on any atom is -0.493 e. The number of piperidine rings is 1. The lowest BCUT2D eigenvalue weighted by Crippen LogP contribution is -2.70. The van der Waals surface area contributed by atoms with Crippen molar-refractivity contribution in [2.24, 2.45) is 5.92 Å². The number of hydrogen-bond donors (Lipinski definition) is 1. The van der Waals surface area contributed by atoms with Crippen LogP contribution in [0.4, 0.5) is 13.2 Å². The third-order valence-corrected chi connectivity index (χ3v) is 8.82. The first-order valence-electron chi connectivity index (χ1n) is 11.4. The number of nitrogens with zero attached hydrogens (tertiary/aromatic N) is 1. The lowest BCUT2D eigenvalue weighted by molar-refractivity contribution is -0.164. The first kappa shape index (κ1) is 25.2. The Labute approximate surface area is 197 Å². The molecule has 0 aromatic heterocycles. The van der Waals surface area contributed by atoms with Crippen molar-refractivity contribution in [3.8, 4) is 11.5 Å². The number of carbonyl (C=O) groups excluding carboxylic acids is 1. The molecule has 3 atom stereocenters. The zero-order valence-corrected chi connectivity index (χ0v) is 20.3. The predicted molar refractivity (Wildman–Crippen MR) is 117 cm³/mol. The Hall–Kier alpha value is -1.85. The van der Waals surface area contributed by atoms with Crippen molar-refractivity contribution >= 4 is 15.9 Å². The summed E-state index contributed by atoms with van der Waals surface area (Å²) in [6.07, 6.45) is 2.64. The van der Waals surface area contributed by atoms with E-state index in [1.54, 1.807) is 13.0 Å². The van der Waals surface area contributed by atoms with E-state index in [9.17, 15) is 31.5 Å². The van der Waals surface area contributed by atoms with Gasteiger partial charge < -0.3 is 14.0 Å². The van der Waals surface area contributed by atoms with Crippen LogP contribution in [0.25, 0.3) is 0 Å². The van der Waals surface area contributed by atoms with Gasteiger partial charge in [0.05, 0.1) is 12.7 Å². The van der Waals surface area contributed by atoms with Crippen LogP contribution in [-0.2, 0) is 20.3 Å². The molecular weight excluding hydrogens is 475 g/mol. The van der Waals surface area contributed by atoms with E-state index in [4.69, 9.17) is 8.92 Å². The molecule has 1 saturated heterocycles. The van der Waals surface area contributed by atoms with E-state index in [2.05, 4.69) is 4.90 Å². The minimum absolute atomic E-state index is 0.0909. The molecule has 1 heterocycles. The Balaban J connectivity index is 1.91. The molecule has 190 valence electrons. The van der Waals surface area contributed by atoms with Crippen molar-refractivity contribution in [3.63, 3.8) is 0 Å². The van der Waals surface area contributed by atoms with Gasteiger partial charge in [-0.15, -0.1) is 0 Å². The summed E-state index contributed by atoms with van der Waals surface area (Å²) in [7, 11) is -4.83. The van der Waals surface area contributed by atoms with Crippen LogP contribution in [0, 0.1) is 12.8 Å². The summed E-state index contributed by atoms with van der Waals surface area (Å²) in [6.45, 7) is 4.79. The van der Waals surface area contributed by atoms with Crippen LogP contribution in [0.15, 0.2) is 12.1 Å². The average Bonchev–Trinajstić information content (AvgIpc) is 3.55. The normalized spacial score (nSPS) is 30.7. The summed E-state index contributed by atoms with van der Waals surface area (Å²) < 4.78 is 73.8. The van der Waals surface area contributed by atoms with Gasteiger partial charge in [0.25, 0.3) is 0 Å². The van der Waals surface area contributed by atoms with Gasteiger partial charge in [-0.2, -0.15) is 21.6 Å². The van der Waals surface area contributed by atoms with Crippen LogP contribution in [0.3, 0.4) is 0 Å². The van der Waals surface area contributed by atoms with E-state index in [0.29, 0.717) is 18.0 Å². The highest BCUT2D eigenvalue weighted by atomic mass is 32.2. The summed E-state index contributed by atoms with van der Waals surface area (Å²) in [5, 5.41) is 12.2. The Morgan fingerprint density at radius 3 is 2.50 bits per heavy atom. The molecule has 0 spiro atoms. The quantitative estimate of drug-likeness (QED) is 0.468. The number of benzene rings is 1. The molecule has 3 unspecified atom stereocenters. The average molecular weight is 506 g/mol. The summed E-state index contributed by atoms with van der Waals surface area (Å²) in [4.78, 5) is 14.9. The summed E-state index contributed by atoms with van der Waals surface area (Å²) >= 11 is 0. The Morgan fingerprint density at radius 1 is 1.24 bits per heavy atom. The number of Topliss-reactive ketones (excluding diaryl/α,β-unsaturated/α-hetero) is 1. The van der Waals surface area contributed by atoms with E-state index < -0.39 is 38.4 Å². The Morgan fingerprint density at radius 2 is 1.91 bits per heavy atom. The van der Waals surface area contributed by atoms with Crippen molar-refractivity contribution in [2.75, 3.05) is 20.2 Å². The molecule has 0 amide bonds. The second-order valence-electron chi connectivity index (χ2n) is 9.86. The van der Waals surface area contributed by atoms with Crippen molar-refractivity contribution in [2.45, 2.75) is 74.9 Å². The third kappa shape index (κ3) is 3.99. The maximum absolute atomic E-state index is 13.3. The molecule has 11 heteroatoms. The topological polar surface area (TPSA) is 93.1 Å². The van der Waals surface area contributed by atoms with Gasteiger partial charge in [-0.3, -0.25) is 9.69 Å².